The average molecular weight is 376 g/mol. The first kappa shape index (κ1) is 20.7. The fraction of sp³-hybridized carbons (Fsp3) is 0.273. The smallest absolute Gasteiger partial charge is 0.333 e. The molecule has 142 valence electrons. The molecular formula is C22H20N2O4. The second-order valence-corrected chi connectivity index (χ2v) is 5.90. The molecule has 0 spiro atoms. The van der Waals surface area contributed by atoms with Crippen LogP contribution in [-0.2, 0) is 29.9 Å². The van der Waals surface area contributed by atoms with Crippen LogP contribution in [0.4, 0.5) is 0 Å². The fourth-order valence-corrected chi connectivity index (χ4v) is 3.22. The van der Waals surface area contributed by atoms with Gasteiger partial charge in [-0.25, -0.2) is 9.59 Å². The van der Waals surface area contributed by atoms with Gasteiger partial charge in [0.05, 0.1) is 25.4 Å². The predicted octanol–water partition coefficient (Wildman–Crippen LogP) is 3.04. The zero-order chi connectivity index (χ0) is 20.6. The van der Waals surface area contributed by atoms with Crippen molar-refractivity contribution in [3.63, 3.8) is 0 Å². The van der Waals surface area contributed by atoms with Crippen LogP contribution in [0.3, 0.4) is 0 Å². The van der Waals surface area contributed by atoms with Crippen molar-refractivity contribution in [2.45, 2.75) is 24.7 Å². The van der Waals surface area contributed by atoms with Gasteiger partial charge in [0.15, 0.2) is 0 Å². The van der Waals surface area contributed by atoms with Gasteiger partial charge in [-0.3, -0.25) is 0 Å². The summed E-state index contributed by atoms with van der Waals surface area (Å²) in [4.78, 5) is 26.4. The van der Waals surface area contributed by atoms with Crippen LogP contribution < -0.4 is 0 Å². The highest BCUT2D eigenvalue weighted by atomic mass is 16.5. The lowest BCUT2D eigenvalue weighted by molar-refractivity contribution is -0.160. The van der Waals surface area contributed by atoms with Gasteiger partial charge < -0.3 is 9.47 Å². The van der Waals surface area contributed by atoms with Gasteiger partial charge in [0.2, 0.25) is 10.8 Å². The molecule has 6 heteroatoms. The molecule has 0 radical (unpaired) electrons. The number of nitrogens with zero attached hydrogens (tertiary/aromatic N) is 2. The van der Waals surface area contributed by atoms with E-state index in [-0.39, 0.29) is 24.3 Å². The van der Waals surface area contributed by atoms with E-state index in [9.17, 15) is 20.1 Å². The first-order valence-electron chi connectivity index (χ1n) is 8.83. The number of nitriles is 2. The summed E-state index contributed by atoms with van der Waals surface area (Å²) in [5.74, 6) is -1.97. The van der Waals surface area contributed by atoms with E-state index in [1.165, 1.54) is 24.3 Å². The van der Waals surface area contributed by atoms with Crippen molar-refractivity contribution in [3.8, 4) is 12.1 Å². The maximum Gasteiger partial charge on any atom is 0.333 e. The summed E-state index contributed by atoms with van der Waals surface area (Å²) in [6.07, 6.45) is 0. The Morgan fingerprint density at radius 2 is 1.07 bits per heavy atom. The number of esters is 2. The van der Waals surface area contributed by atoms with Crippen molar-refractivity contribution < 1.29 is 19.1 Å². The lowest BCUT2D eigenvalue weighted by atomic mass is 9.58. The minimum Gasteiger partial charge on any atom is -0.464 e. The van der Waals surface area contributed by atoms with E-state index in [0.29, 0.717) is 0 Å². The van der Waals surface area contributed by atoms with Crippen molar-refractivity contribution >= 4 is 11.9 Å². The van der Waals surface area contributed by atoms with Crippen molar-refractivity contribution in [2.24, 2.45) is 0 Å². The van der Waals surface area contributed by atoms with E-state index < -0.39 is 22.8 Å². The molecular weight excluding hydrogens is 356 g/mol. The molecule has 2 unspecified atom stereocenters. The fourth-order valence-electron chi connectivity index (χ4n) is 3.22. The Morgan fingerprint density at radius 1 is 0.750 bits per heavy atom. The second-order valence-electron chi connectivity index (χ2n) is 5.90. The zero-order valence-electron chi connectivity index (χ0n) is 15.7. The molecule has 0 bridgehead atoms. The van der Waals surface area contributed by atoms with E-state index in [0.717, 1.165) is 0 Å². The zero-order valence-corrected chi connectivity index (χ0v) is 15.7. The van der Waals surface area contributed by atoms with Crippen molar-refractivity contribution in [1.29, 1.82) is 10.5 Å². The third kappa shape index (κ3) is 3.10. The minimum absolute atomic E-state index is 0.0196. The van der Waals surface area contributed by atoms with Gasteiger partial charge in [-0.2, -0.15) is 10.5 Å². The average Bonchev–Trinajstić information content (AvgIpc) is 2.73. The van der Waals surface area contributed by atoms with Gasteiger partial charge >= 0.3 is 11.9 Å². The first-order chi connectivity index (χ1) is 13.5. The molecule has 2 atom stereocenters. The van der Waals surface area contributed by atoms with Gasteiger partial charge in [-0.15, -0.1) is 0 Å². The van der Waals surface area contributed by atoms with Gasteiger partial charge in [-0.05, 0) is 25.0 Å². The molecule has 2 aromatic rings. The Balaban J connectivity index is 2.99. The van der Waals surface area contributed by atoms with Crippen molar-refractivity contribution in [2.75, 3.05) is 13.2 Å². The molecule has 0 aliphatic rings. The minimum atomic E-state index is -2.26. The summed E-state index contributed by atoms with van der Waals surface area (Å²) in [5.41, 5.74) is -4.16. The molecule has 6 nitrogen and oxygen atoms in total. The van der Waals surface area contributed by atoms with Gasteiger partial charge in [-0.1, -0.05) is 60.7 Å². The van der Waals surface area contributed by atoms with Crippen LogP contribution in [-0.4, -0.2) is 25.2 Å². The van der Waals surface area contributed by atoms with Crippen molar-refractivity contribution in [1.82, 2.24) is 0 Å². The number of rotatable bonds is 7. The number of hydrogen-bond acceptors (Lipinski definition) is 6. The van der Waals surface area contributed by atoms with E-state index in [1.54, 1.807) is 50.2 Å². The van der Waals surface area contributed by atoms with Crippen LogP contribution in [0.5, 0.6) is 0 Å². The normalized spacial score (nSPS) is 14.4. The highest BCUT2D eigenvalue weighted by molar-refractivity contribution is 6.02. The number of ether oxygens (including phenoxy) is 2. The number of carbonyl (C=O) groups is 2. The summed E-state index contributed by atoms with van der Waals surface area (Å²) < 4.78 is 10.4. The Morgan fingerprint density at radius 3 is 1.32 bits per heavy atom. The van der Waals surface area contributed by atoms with Crippen LogP contribution in [0.25, 0.3) is 0 Å². The molecule has 0 saturated carbocycles. The second kappa shape index (κ2) is 8.83. The maximum atomic E-state index is 13.2. The maximum absolute atomic E-state index is 13.2. The van der Waals surface area contributed by atoms with Crippen LogP contribution in [0.15, 0.2) is 60.7 Å². The Kier molecular flexibility index (Phi) is 6.52. The lowest BCUT2D eigenvalue weighted by Gasteiger charge is -2.38. The van der Waals surface area contributed by atoms with E-state index in [2.05, 4.69) is 0 Å². The lowest BCUT2D eigenvalue weighted by Crippen LogP contribution is -2.58. The molecule has 0 saturated heterocycles. The Labute approximate surface area is 163 Å². The molecule has 0 N–H and O–H groups in total. The molecule has 0 aliphatic carbocycles. The number of hydrogen-bond donors (Lipinski definition) is 0. The Hall–Kier alpha value is -3.64. The molecule has 2 aromatic carbocycles. The molecule has 0 aliphatic heterocycles. The molecule has 2 rings (SSSR count). The summed E-state index contributed by atoms with van der Waals surface area (Å²) in [6, 6.07) is 19.9. The molecule has 0 heterocycles. The van der Waals surface area contributed by atoms with Gasteiger partial charge in [0.25, 0.3) is 0 Å². The third-order valence-electron chi connectivity index (χ3n) is 4.47. The van der Waals surface area contributed by atoms with Gasteiger partial charge in [0, 0.05) is 0 Å². The summed E-state index contributed by atoms with van der Waals surface area (Å²) in [6.45, 7) is 3.14. The van der Waals surface area contributed by atoms with Crippen LogP contribution in [0.1, 0.15) is 25.0 Å². The van der Waals surface area contributed by atoms with Crippen molar-refractivity contribution in [3.05, 3.63) is 71.8 Å². The highest BCUT2D eigenvalue weighted by Gasteiger charge is 2.67. The molecule has 0 fully saturated rings. The largest absolute Gasteiger partial charge is 0.464 e. The Bertz CT molecular complexity index is 838. The topological polar surface area (TPSA) is 100 Å². The summed E-state index contributed by atoms with van der Waals surface area (Å²) >= 11 is 0. The first-order valence-corrected chi connectivity index (χ1v) is 8.83. The monoisotopic (exact) mass is 376 g/mol. The molecule has 0 amide bonds. The standard InChI is InChI=1S/C22H20N2O4/c1-3-27-19(25)21(15-23,17-11-7-5-8-12-17)22(16-24,20(26)28-4-2)18-13-9-6-10-14-18/h5-14H,3-4H2,1-2H3. The van der Waals surface area contributed by atoms with E-state index in [1.807, 2.05) is 12.1 Å². The highest BCUT2D eigenvalue weighted by Crippen LogP contribution is 2.46. The summed E-state index contributed by atoms with van der Waals surface area (Å²) in [7, 11) is 0. The number of carbonyl (C=O) groups excluding carboxylic acids is 2. The van der Waals surface area contributed by atoms with Crippen LogP contribution in [0.2, 0.25) is 0 Å². The quantitative estimate of drug-likeness (QED) is 0.689. The third-order valence-corrected chi connectivity index (χ3v) is 4.47. The molecule has 0 aromatic heterocycles. The number of benzene rings is 2. The van der Waals surface area contributed by atoms with E-state index in [4.69, 9.17) is 9.47 Å². The predicted molar refractivity (Wildman–Crippen MR) is 101 cm³/mol. The SMILES string of the molecule is CCOC(=O)C(C#N)(c1ccccc1)C(C#N)(C(=O)OCC)c1ccccc1. The van der Waals surface area contributed by atoms with Crippen LogP contribution >= 0.6 is 0 Å². The molecule has 28 heavy (non-hydrogen) atoms. The van der Waals surface area contributed by atoms with E-state index >= 15 is 0 Å². The summed E-state index contributed by atoms with van der Waals surface area (Å²) in [5, 5.41) is 20.5. The van der Waals surface area contributed by atoms with Gasteiger partial charge in [0.1, 0.15) is 0 Å². The van der Waals surface area contributed by atoms with Crippen LogP contribution in [0, 0.1) is 22.7 Å².